The molecule has 3 aromatic rings. The van der Waals surface area contributed by atoms with Crippen molar-refractivity contribution in [3.63, 3.8) is 0 Å². The van der Waals surface area contributed by atoms with Gasteiger partial charge in [-0.1, -0.05) is 11.6 Å². The molecular formula is C19H20ClN7O. The molecule has 0 unspecified atom stereocenters. The van der Waals surface area contributed by atoms with E-state index in [9.17, 15) is 4.79 Å². The zero-order valence-corrected chi connectivity index (χ0v) is 16.0. The molecule has 0 atom stereocenters. The van der Waals surface area contributed by atoms with E-state index in [4.69, 9.17) is 11.6 Å². The summed E-state index contributed by atoms with van der Waals surface area (Å²) in [7, 11) is 0. The number of carbonyl (C=O) groups excluding carboxylic acids is 1. The Bertz CT molecular complexity index is 1040. The lowest BCUT2D eigenvalue weighted by molar-refractivity contribution is 0.0724. The van der Waals surface area contributed by atoms with Crippen molar-refractivity contribution in [1.29, 1.82) is 0 Å². The van der Waals surface area contributed by atoms with Crippen LogP contribution < -0.4 is 10.6 Å². The lowest BCUT2D eigenvalue weighted by atomic mass is 10.2. The lowest BCUT2D eigenvalue weighted by Gasteiger charge is -2.26. The van der Waals surface area contributed by atoms with E-state index in [0.717, 1.165) is 24.2 Å². The van der Waals surface area contributed by atoms with Crippen molar-refractivity contribution >= 4 is 40.0 Å². The molecule has 1 amide bonds. The predicted molar refractivity (Wildman–Crippen MR) is 107 cm³/mol. The standard InChI is InChI=1S/C19H20ClN7O/c20-12-3-4-13-15(9-12)22-18(19(28)27-7-5-21-6-8-27)24-17(13)23-16-10-14(25-26-16)11-1-2-11/h3-4,9-11,21H,1-2,5-8H2,(H2,22,23,24,25,26). The van der Waals surface area contributed by atoms with Gasteiger partial charge in [-0.3, -0.25) is 9.89 Å². The Kier molecular flexibility index (Phi) is 4.37. The largest absolute Gasteiger partial charge is 0.333 e. The Morgan fingerprint density at radius 3 is 2.79 bits per heavy atom. The first-order valence-electron chi connectivity index (χ1n) is 9.47. The van der Waals surface area contributed by atoms with E-state index in [-0.39, 0.29) is 11.7 Å². The van der Waals surface area contributed by atoms with Crippen LogP contribution in [0.1, 0.15) is 35.1 Å². The highest BCUT2D eigenvalue weighted by Crippen LogP contribution is 2.39. The number of H-pyrrole nitrogens is 1. The number of hydrogen-bond acceptors (Lipinski definition) is 6. The Morgan fingerprint density at radius 2 is 2.00 bits per heavy atom. The van der Waals surface area contributed by atoms with Crippen LogP contribution in [-0.4, -0.2) is 57.2 Å². The van der Waals surface area contributed by atoms with Gasteiger partial charge in [0, 0.05) is 54.3 Å². The topological polar surface area (TPSA) is 98.8 Å². The molecule has 2 aromatic heterocycles. The molecule has 2 aliphatic rings. The molecule has 3 N–H and O–H groups in total. The van der Waals surface area contributed by atoms with Crippen molar-refractivity contribution in [2.24, 2.45) is 0 Å². The molecule has 1 aliphatic heterocycles. The SMILES string of the molecule is O=C(c1nc(Nc2cc(C3CC3)[nH]n2)c2ccc(Cl)cc2n1)N1CCNCC1. The number of fused-ring (bicyclic) bond motifs is 1. The molecule has 1 saturated carbocycles. The molecular weight excluding hydrogens is 378 g/mol. The van der Waals surface area contributed by atoms with E-state index >= 15 is 0 Å². The van der Waals surface area contributed by atoms with Crippen LogP contribution >= 0.6 is 11.6 Å². The Hall–Kier alpha value is -2.71. The number of piperazine rings is 1. The van der Waals surface area contributed by atoms with Crippen LogP contribution in [0.25, 0.3) is 10.9 Å². The van der Waals surface area contributed by atoms with Crippen molar-refractivity contribution in [1.82, 2.24) is 30.4 Å². The number of nitrogens with zero attached hydrogens (tertiary/aromatic N) is 4. The van der Waals surface area contributed by atoms with Crippen molar-refractivity contribution < 1.29 is 4.79 Å². The van der Waals surface area contributed by atoms with Crippen molar-refractivity contribution in [2.45, 2.75) is 18.8 Å². The normalized spacial score (nSPS) is 17.1. The quantitative estimate of drug-likeness (QED) is 0.626. The van der Waals surface area contributed by atoms with Gasteiger partial charge in [-0.15, -0.1) is 0 Å². The maximum atomic E-state index is 12.9. The number of anilines is 2. The summed E-state index contributed by atoms with van der Waals surface area (Å²) in [5.74, 6) is 1.80. The Morgan fingerprint density at radius 1 is 1.18 bits per heavy atom. The highest BCUT2D eigenvalue weighted by atomic mass is 35.5. The smallest absolute Gasteiger partial charge is 0.291 e. The second kappa shape index (κ2) is 7.03. The molecule has 28 heavy (non-hydrogen) atoms. The van der Waals surface area contributed by atoms with Crippen LogP contribution in [0, 0.1) is 0 Å². The second-order valence-corrected chi connectivity index (χ2v) is 7.64. The number of hydrogen-bond donors (Lipinski definition) is 3. The lowest BCUT2D eigenvalue weighted by Crippen LogP contribution is -2.46. The highest BCUT2D eigenvalue weighted by Gasteiger charge is 2.26. The number of carbonyl (C=O) groups is 1. The van der Waals surface area contributed by atoms with Crippen LogP contribution in [0.5, 0.6) is 0 Å². The third-order valence-corrected chi connectivity index (χ3v) is 5.35. The van der Waals surface area contributed by atoms with Crippen molar-refractivity contribution in [3.05, 3.63) is 40.8 Å². The highest BCUT2D eigenvalue weighted by molar-refractivity contribution is 6.31. The molecule has 1 aromatic carbocycles. The number of aromatic amines is 1. The summed E-state index contributed by atoms with van der Waals surface area (Å²) >= 11 is 6.16. The van der Waals surface area contributed by atoms with Crippen LogP contribution in [-0.2, 0) is 0 Å². The summed E-state index contributed by atoms with van der Waals surface area (Å²) < 4.78 is 0. The van der Waals surface area contributed by atoms with Gasteiger partial charge in [-0.25, -0.2) is 9.97 Å². The Balaban J connectivity index is 1.52. The summed E-state index contributed by atoms with van der Waals surface area (Å²) in [5.41, 5.74) is 1.75. The molecule has 8 nitrogen and oxygen atoms in total. The van der Waals surface area contributed by atoms with E-state index in [1.165, 1.54) is 12.8 Å². The van der Waals surface area contributed by atoms with E-state index in [1.807, 2.05) is 12.1 Å². The van der Waals surface area contributed by atoms with Crippen LogP contribution in [0.4, 0.5) is 11.6 Å². The summed E-state index contributed by atoms with van der Waals surface area (Å²) in [6.07, 6.45) is 2.39. The second-order valence-electron chi connectivity index (χ2n) is 7.21. The van der Waals surface area contributed by atoms with Gasteiger partial charge in [0.2, 0.25) is 5.82 Å². The van der Waals surface area contributed by atoms with Gasteiger partial charge in [-0.2, -0.15) is 5.10 Å². The molecule has 1 saturated heterocycles. The van der Waals surface area contributed by atoms with Gasteiger partial charge in [0.1, 0.15) is 5.82 Å². The number of benzene rings is 1. The summed E-state index contributed by atoms with van der Waals surface area (Å²) in [6, 6.07) is 7.39. The minimum Gasteiger partial charge on any atom is -0.333 e. The number of nitrogens with one attached hydrogen (secondary N) is 3. The molecule has 2 fully saturated rings. The molecule has 3 heterocycles. The molecule has 1 aliphatic carbocycles. The van der Waals surface area contributed by atoms with Crippen molar-refractivity contribution in [2.75, 3.05) is 31.5 Å². The average Bonchev–Trinajstić information content (AvgIpc) is 3.47. The molecule has 0 spiro atoms. The minimum absolute atomic E-state index is 0.164. The maximum Gasteiger partial charge on any atom is 0.291 e. The fourth-order valence-corrected chi connectivity index (χ4v) is 3.59. The maximum absolute atomic E-state index is 12.9. The van der Waals surface area contributed by atoms with Crippen molar-refractivity contribution in [3.8, 4) is 0 Å². The van der Waals surface area contributed by atoms with Gasteiger partial charge in [0.15, 0.2) is 5.82 Å². The summed E-state index contributed by atoms with van der Waals surface area (Å²) in [5, 5.41) is 15.3. The monoisotopic (exact) mass is 397 g/mol. The van der Waals surface area contributed by atoms with Crippen LogP contribution in [0.2, 0.25) is 5.02 Å². The number of aromatic nitrogens is 4. The zero-order valence-electron chi connectivity index (χ0n) is 15.2. The average molecular weight is 398 g/mol. The molecule has 5 rings (SSSR count). The van der Waals surface area contributed by atoms with E-state index in [2.05, 4.69) is 30.8 Å². The molecule has 9 heteroatoms. The van der Waals surface area contributed by atoms with Crippen LogP contribution in [0.15, 0.2) is 24.3 Å². The third kappa shape index (κ3) is 3.41. The number of rotatable bonds is 4. The molecule has 0 radical (unpaired) electrons. The zero-order chi connectivity index (χ0) is 19.1. The van der Waals surface area contributed by atoms with E-state index in [1.54, 1.807) is 17.0 Å². The fraction of sp³-hybridized carbons (Fsp3) is 0.368. The van der Waals surface area contributed by atoms with Crippen LogP contribution in [0.3, 0.4) is 0 Å². The minimum atomic E-state index is -0.174. The van der Waals surface area contributed by atoms with Gasteiger partial charge in [0.05, 0.1) is 5.52 Å². The molecule has 144 valence electrons. The van der Waals surface area contributed by atoms with Gasteiger partial charge < -0.3 is 15.5 Å². The Labute approximate surface area is 166 Å². The van der Waals surface area contributed by atoms with Gasteiger partial charge in [0.25, 0.3) is 5.91 Å². The summed E-state index contributed by atoms with van der Waals surface area (Å²) in [6.45, 7) is 2.83. The number of halogens is 1. The predicted octanol–water partition coefficient (Wildman–Crippen LogP) is 2.67. The number of amides is 1. The third-order valence-electron chi connectivity index (χ3n) is 5.12. The fourth-order valence-electron chi connectivity index (χ4n) is 3.43. The summed E-state index contributed by atoms with van der Waals surface area (Å²) in [4.78, 5) is 23.7. The van der Waals surface area contributed by atoms with Gasteiger partial charge >= 0.3 is 0 Å². The van der Waals surface area contributed by atoms with E-state index < -0.39 is 0 Å². The first-order valence-corrected chi connectivity index (χ1v) is 9.85. The van der Waals surface area contributed by atoms with Gasteiger partial charge in [-0.05, 0) is 31.0 Å². The first-order chi connectivity index (χ1) is 13.7. The first kappa shape index (κ1) is 17.4. The molecule has 0 bridgehead atoms. The van der Waals surface area contributed by atoms with E-state index in [0.29, 0.717) is 41.2 Å².